The largest absolute Gasteiger partial charge is 0.481 e. The zero-order valence-electron chi connectivity index (χ0n) is 8.27. The third-order valence-corrected chi connectivity index (χ3v) is 5.90. The Kier molecular flexibility index (Phi) is 4.79. The summed E-state index contributed by atoms with van der Waals surface area (Å²) in [6, 6.07) is 0. The van der Waals surface area contributed by atoms with Gasteiger partial charge in [-0.1, -0.05) is 0 Å². The van der Waals surface area contributed by atoms with E-state index < -0.39 is 11.9 Å². The first-order chi connectivity index (χ1) is 7.04. The summed E-state index contributed by atoms with van der Waals surface area (Å²) in [6.07, 6.45) is 1.37. The van der Waals surface area contributed by atoms with E-state index in [-0.39, 0.29) is 16.9 Å². The van der Waals surface area contributed by atoms with E-state index in [1.54, 1.807) is 23.5 Å². The lowest BCUT2D eigenvalue weighted by atomic mass is 10.1. The van der Waals surface area contributed by atoms with Gasteiger partial charge in [0.1, 0.15) is 0 Å². The molecule has 0 aromatic carbocycles. The van der Waals surface area contributed by atoms with Crippen molar-refractivity contribution in [2.75, 3.05) is 11.5 Å². The fourth-order valence-corrected chi connectivity index (χ4v) is 4.74. The second kappa shape index (κ2) is 5.65. The van der Waals surface area contributed by atoms with E-state index in [1.165, 1.54) is 0 Å². The molecule has 0 saturated carbocycles. The van der Waals surface area contributed by atoms with Crippen LogP contribution >= 0.6 is 23.5 Å². The van der Waals surface area contributed by atoms with Crippen molar-refractivity contribution < 1.29 is 19.8 Å². The van der Waals surface area contributed by atoms with Crippen molar-refractivity contribution >= 4 is 35.5 Å². The summed E-state index contributed by atoms with van der Waals surface area (Å²) in [5.41, 5.74) is 0. The normalized spacial score (nSPS) is 18.9. The van der Waals surface area contributed by atoms with Gasteiger partial charge in [-0.2, -0.15) is 0 Å². The Morgan fingerprint density at radius 3 is 1.73 bits per heavy atom. The van der Waals surface area contributed by atoms with E-state index in [1.807, 2.05) is 0 Å². The molecule has 0 spiro atoms. The summed E-state index contributed by atoms with van der Waals surface area (Å²) < 4.78 is -0.170. The lowest BCUT2D eigenvalue weighted by Gasteiger charge is -2.25. The Bertz CT molecular complexity index is 228. The maximum Gasteiger partial charge on any atom is 0.303 e. The predicted molar refractivity (Wildman–Crippen MR) is 61.4 cm³/mol. The molecule has 0 amide bonds. The quantitative estimate of drug-likeness (QED) is 0.750. The van der Waals surface area contributed by atoms with Gasteiger partial charge in [-0.15, -0.1) is 23.5 Å². The third kappa shape index (κ3) is 4.34. The minimum absolute atomic E-state index is 0.125. The van der Waals surface area contributed by atoms with Gasteiger partial charge in [0.25, 0.3) is 0 Å². The van der Waals surface area contributed by atoms with Crippen molar-refractivity contribution in [2.24, 2.45) is 0 Å². The average Bonchev–Trinajstić information content (AvgIpc) is 2.61. The summed E-state index contributed by atoms with van der Waals surface area (Å²) in [6.45, 7) is 0. The number of rotatable bonds is 6. The molecule has 6 heteroatoms. The minimum atomic E-state index is -0.808. The molecule has 1 aliphatic heterocycles. The molecule has 15 heavy (non-hydrogen) atoms. The van der Waals surface area contributed by atoms with Gasteiger partial charge in [-0.05, 0) is 12.8 Å². The van der Waals surface area contributed by atoms with Crippen molar-refractivity contribution in [2.45, 2.75) is 29.8 Å². The highest BCUT2D eigenvalue weighted by Crippen LogP contribution is 2.50. The van der Waals surface area contributed by atoms with E-state index in [0.29, 0.717) is 12.8 Å². The molecule has 0 atom stereocenters. The zero-order chi connectivity index (χ0) is 11.3. The molecule has 1 aliphatic rings. The highest BCUT2D eigenvalue weighted by atomic mass is 32.2. The first kappa shape index (κ1) is 12.7. The van der Waals surface area contributed by atoms with Gasteiger partial charge >= 0.3 is 11.9 Å². The summed E-state index contributed by atoms with van der Waals surface area (Å²) >= 11 is 3.42. The standard InChI is InChI=1S/C9H14O4S2/c10-7(11)1-3-9(4-2-8(12)13)14-5-6-15-9/h1-6H2,(H,10,11)(H,12,13). The van der Waals surface area contributed by atoms with Crippen molar-refractivity contribution in [1.29, 1.82) is 0 Å². The Balaban J connectivity index is 2.46. The van der Waals surface area contributed by atoms with Crippen LogP contribution in [-0.2, 0) is 9.59 Å². The van der Waals surface area contributed by atoms with Crippen LogP contribution in [0.1, 0.15) is 25.7 Å². The van der Waals surface area contributed by atoms with Crippen LogP contribution in [0.2, 0.25) is 0 Å². The van der Waals surface area contributed by atoms with E-state index in [0.717, 1.165) is 11.5 Å². The van der Waals surface area contributed by atoms with Gasteiger partial charge in [0, 0.05) is 24.3 Å². The fraction of sp³-hybridized carbons (Fsp3) is 0.778. The van der Waals surface area contributed by atoms with Gasteiger partial charge < -0.3 is 10.2 Å². The van der Waals surface area contributed by atoms with E-state index in [2.05, 4.69) is 0 Å². The predicted octanol–water partition coefficient (Wildman–Crippen LogP) is 1.89. The highest BCUT2D eigenvalue weighted by molar-refractivity contribution is 8.21. The minimum Gasteiger partial charge on any atom is -0.481 e. The van der Waals surface area contributed by atoms with Crippen molar-refractivity contribution in [3.8, 4) is 0 Å². The summed E-state index contributed by atoms with van der Waals surface area (Å²) in [5.74, 6) is 0.365. The van der Waals surface area contributed by atoms with Crippen LogP contribution in [0.3, 0.4) is 0 Å². The maximum atomic E-state index is 10.5. The number of aliphatic carboxylic acids is 2. The average molecular weight is 250 g/mol. The first-order valence-corrected chi connectivity index (χ1v) is 6.73. The molecule has 0 aromatic rings. The molecule has 1 fully saturated rings. The van der Waals surface area contributed by atoms with Crippen LogP contribution in [0.5, 0.6) is 0 Å². The van der Waals surface area contributed by atoms with Gasteiger partial charge in [0.15, 0.2) is 0 Å². The molecule has 4 nitrogen and oxygen atoms in total. The molecular weight excluding hydrogens is 236 g/mol. The van der Waals surface area contributed by atoms with E-state index in [4.69, 9.17) is 10.2 Å². The van der Waals surface area contributed by atoms with E-state index >= 15 is 0 Å². The van der Waals surface area contributed by atoms with E-state index in [9.17, 15) is 9.59 Å². The van der Waals surface area contributed by atoms with Crippen LogP contribution in [0.4, 0.5) is 0 Å². The highest BCUT2D eigenvalue weighted by Gasteiger charge is 2.35. The number of carboxylic acid groups (broad SMARTS) is 2. The molecule has 0 aliphatic carbocycles. The smallest absolute Gasteiger partial charge is 0.303 e. The molecule has 0 aromatic heterocycles. The van der Waals surface area contributed by atoms with Gasteiger partial charge in [-0.3, -0.25) is 9.59 Å². The monoisotopic (exact) mass is 250 g/mol. The molecule has 86 valence electrons. The SMILES string of the molecule is O=C(O)CCC1(CCC(=O)O)SCCS1. The topological polar surface area (TPSA) is 74.6 Å². The molecule has 0 unspecified atom stereocenters. The second-order valence-electron chi connectivity index (χ2n) is 3.40. The molecule has 2 N–H and O–H groups in total. The summed E-state index contributed by atoms with van der Waals surface area (Å²) in [5, 5.41) is 17.3. The number of hydrogen-bond acceptors (Lipinski definition) is 4. The Hall–Kier alpha value is -0.360. The van der Waals surface area contributed by atoms with Crippen LogP contribution in [0.25, 0.3) is 0 Å². The summed E-state index contributed by atoms with van der Waals surface area (Å²) in [7, 11) is 0. The van der Waals surface area contributed by atoms with Crippen molar-refractivity contribution in [3.05, 3.63) is 0 Å². The third-order valence-electron chi connectivity index (χ3n) is 2.25. The molecule has 1 heterocycles. The van der Waals surface area contributed by atoms with Crippen LogP contribution in [0.15, 0.2) is 0 Å². The maximum absolute atomic E-state index is 10.5. The van der Waals surface area contributed by atoms with Crippen LogP contribution in [0, 0.1) is 0 Å². The number of thioether (sulfide) groups is 2. The molecule has 1 saturated heterocycles. The van der Waals surface area contributed by atoms with Gasteiger partial charge in [0.2, 0.25) is 0 Å². The van der Waals surface area contributed by atoms with Crippen LogP contribution < -0.4 is 0 Å². The molecule has 0 bridgehead atoms. The number of carbonyl (C=O) groups is 2. The molecule has 1 rings (SSSR count). The first-order valence-electron chi connectivity index (χ1n) is 4.76. The number of hydrogen-bond donors (Lipinski definition) is 2. The van der Waals surface area contributed by atoms with Crippen LogP contribution in [-0.4, -0.2) is 37.7 Å². The van der Waals surface area contributed by atoms with Crippen molar-refractivity contribution in [3.63, 3.8) is 0 Å². The molecular formula is C9H14O4S2. The van der Waals surface area contributed by atoms with Crippen molar-refractivity contribution in [1.82, 2.24) is 0 Å². The fourth-order valence-electron chi connectivity index (χ4n) is 1.51. The lowest BCUT2D eigenvalue weighted by molar-refractivity contribution is -0.137. The molecule has 0 radical (unpaired) electrons. The van der Waals surface area contributed by atoms with Gasteiger partial charge in [0.05, 0.1) is 4.08 Å². The second-order valence-corrected chi connectivity index (χ2v) is 6.61. The number of carboxylic acids is 2. The lowest BCUT2D eigenvalue weighted by Crippen LogP contribution is -2.20. The van der Waals surface area contributed by atoms with Gasteiger partial charge in [-0.25, -0.2) is 0 Å². The Labute approximate surface area is 96.8 Å². The Morgan fingerprint density at radius 1 is 1.00 bits per heavy atom. The summed E-state index contributed by atoms with van der Waals surface area (Å²) in [4.78, 5) is 21.0. The Morgan fingerprint density at radius 2 is 1.40 bits per heavy atom. The zero-order valence-corrected chi connectivity index (χ0v) is 9.90.